The van der Waals surface area contributed by atoms with Gasteiger partial charge in [0.05, 0.1) is 18.6 Å². The third-order valence-corrected chi connectivity index (χ3v) is 8.21. The molecule has 3 aromatic carbocycles. The average Bonchev–Trinajstić information content (AvgIpc) is 3.37. The number of aliphatic imine (C=N–C) groups is 1. The Morgan fingerprint density at radius 1 is 0.950 bits per heavy atom. The monoisotopic (exact) mass is 532 g/mol. The Morgan fingerprint density at radius 3 is 2.38 bits per heavy atom. The SMILES string of the molecule is NC(=O)Cc1cccc(OCCCC2(CC3=CCCCC3)N=CC=C2CC(c2ccccc2)c2ccccc2)c1. The van der Waals surface area contributed by atoms with E-state index < -0.39 is 0 Å². The van der Waals surface area contributed by atoms with E-state index in [-0.39, 0.29) is 23.8 Å². The molecule has 1 atom stereocenters. The van der Waals surface area contributed by atoms with Crippen LogP contribution in [0.25, 0.3) is 0 Å². The van der Waals surface area contributed by atoms with Crippen LogP contribution >= 0.6 is 0 Å². The van der Waals surface area contributed by atoms with Crippen LogP contribution in [0.4, 0.5) is 0 Å². The van der Waals surface area contributed by atoms with Gasteiger partial charge in [-0.2, -0.15) is 0 Å². The van der Waals surface area contributed by atoms with E-state index in [2.05, 4.69) is 72.8 Å². The Balaban J connectivity index is 1.34. The van der Waals surface area contributed by atoms with Crippen molar-refractivity contribution in [3.8, 4) is 5.75 Å². The first-order valence-electron chi connectivity index (χ1n) is 14.6. The van der Waals surface area contributed by atoms with Gasteiger partial charge in [0.15, 0.2) is 0 Å². The highest BCUT2D eigenvalue weighted by Crippen LogP contribution is 2.44. The lowest BCUT2D eigenvalue weighted by Gasteiger charge is -2.34. The minimum Gasteiger partial charge on any atom is -0.494 e. The van der Waals surface area contributed by atoms with Crippen LogP contribution in [0, 0.1) is 0 Å². The Hall–Kier alpha value is -3.92. The van der Waals surface area contributed by atoms with Gasteiger partial charge in [-0.3, -0.25) is 9.79 Å². The smallest absolute Gasteiger partial charge is 0.221 e. The molecule has 1 aliphatic carbocycles. The van der Waals surface area contributed by atoms with Gasteiger partial charge in [-0.05, 0) is 91.8 Å². The largest absolute Gasteiger partial charge is 0.494 e. The summed E-state index contributed by atoms with van der Waals surface area (Å²) in [6.45, 7) is 0.602. The maximum Gasteiger partial charge on any atom is 0.221 e. The molecule has 1 heterocycles. The van der Waals surface area contributed by atoms with Crippen molar-refractivity contribution in [1.29, 1.82) is 0 Å². The van der Waals surface area contributed by atoms with Crippen molar-refractivity contribution in [3.05, 3.63) is 125 Å². The lowest BCUT2D eigenvalue weighted by molar-refractivity contribution is -0.117. The average molecular weight is 533 g/mol. The van der Waals surface area contributed by atoms with Gasteiger partial charge in [-0.1, -0.05) is 84.4 Å². The molecule has 0 fully saturated rings. The molecule has 1 unspecified atom stereocenters. The molecule has 0 spiro atoms. The summed E-state index contributed by atoms with van der Waals surface area (Å²) in [5.74, 6) is 0.722. The molecular weight excluding hydrogens is 492 g/mol. The fraction of sp³-hybridized carbons (Fsp3) is 0.333. The number of benzene rings is 3. The van der Waals surface area contributed by atoms with Crippen LogP contribution in [0.15, 0.2) is 113 Å². The third-order valence-electron chi connectivity index (χ3n) is 8.21. The van der Waals surface area contributed by atoms with Crippen LogP contribution in [-0.4, -0.2) is 24.3 Å². The zero-order valence-electron chi connectivity index (χ0n) is 23.3. The number of hydrogen-bond acceptors (Lipinski definition) is 3. The van der Waals surface area contributed by atoms with Gasteiger partial charge in [0.1, 0.15) is 5.75 Å². The second-order valence-corrected chi connectivity index (χ2v) is 11.1. The van der Waals surface area contributed by atoms with Gasteiger partial charge in [-0.15, -0.1) is 0 Å². The summed E-state index contributed by atoms with van der Waals surface area (Å²) in [5.41, 5.74) is 11.7. The first kappa shape index (κ1) is 27.6. The predicted octanol–water partition coefficient (Wildman–Crippen LogP) is 7.74. The van der Waals surface area contributed by atoms with Gasteiger partial charge in [0.2, 0.25) is 5.91 Å². The summed E-state index contributed by atoms with van der Waals surface area (Å²) in [4.78, 5) is 16.5. The quantitative estimate of drug-likeness (QED) is 0.181. The summed E-state index contributed by atoms with van der Waals surface area (Å²) in [5, 5.41) is 0. The van der Waals surface area contributed by atoms with Crippen molar-refractivity contribution < 1.29 is 9.53 Å². The molecule has 1 aliphatic heterocycles. The molecule has 0 saturated heterocycles. The Labute approximate surface area is 238 Å². The van der Waals surface area contributed by atoms with E-state index in [0.717, 1.165) is 37.0 Å². The zero-order valence-corrected chi connectivity index (χ0v) is 23.3. The zero-order chi connectivity index (χ0) is 27.6. The number of rotatable bonds is 13. The topological polar surface area (TPSA) is 64.7 Å². The lowest BCUT2D eigenvalue weighted by atomic mass is 9.74. The number of carbonyl (C=O) groups is 1. The van der Waals surface area contributed by atoms with Gasteiger partial charge in [0.25, 0.3) is 0 Å². The first-order chi connectivity index (χ1) is 19.6. The lowest BCUT2D eigenvalue weighted by Crippen LogP contribution is -2.30. The Morgan fingerprint density at radius 2 is 1.70 bits per heavy atom. The molecule has 5 rings (SSSR count). The molecule has 2 aliphatic rings. The van der Waals surface area contributed by atoms with E-state index >= 15 is 0 Å². The summed E-state index contributed by atoms with van der Waals surface area (Å²) >= 11 is 0. The van der Waals surface area contributed by atoms with Crippen molar-refractivity contribution in [2.45, 2.75) is 69.2 Å². The van der Waals surface area contributed by atoms with Gasteiger partial charge in [0, 0.05) is 12.1 Å². The maximum absolute atomic E-state index is 11.3. The van der Waals surface area contributed by atoms with Crippen LogP contribution in [0.1, 0.15) is 74.0 Å². The summed E-state index contributed by atoms with van der Waals surface area (Å²) < 4.78 is 6.14. The molecule has 3 aromatic rings. The predicted molar refractivity (Wildman–Crippen MR) is 164 cm³/mol. The highest BCUT2D eigenvalue weighted by atomic mass is 16.5. The summed E-state index contributed by atoms with van der Waals surface area (Å²) in [7, 11) is 0. The molecule has 0 radical (unpaired) electrons. The van der Waals surface area contributed by atoms with Crippen LogP contribution in [0.2, 0.25) is 0 Å². The highest BCUT2D eigenvalue weighted by molar-refractivity contribution is 5.78. The molecular formula is C36H40N2O2. The van der Waals surface area contributed by atoms with Crippen molar-refractivity contribution in [2.75, 3.05) is 6.61 Å². The Kier molecular flexibility index (Phi) is 9.28. The molecule has 40 heavy (non-hydrogen) atoms. The molecule has 4 nitrogen and oxygen atoms in total. The summed E-state index contributed by atoms with van der Waals surface area (Å²) in [6.07, 6.45) is 15.7. The summed E-state index contributed by atoms with van der Waals surface area (Å²) in [6, 6.07) is 29.4. The standard InChI is InChI=1S/C36H40N2O2/c37-35(39)25-29-14-10-19-33(24-29)40-23-11-21-36(27-28-12-4-1-5-13-28)32(20-22-38-36)26-34(30-15-6-2-7-16-30)31-17-8-3-9-18-31/h2-3,6-10,12,14-20,22,24,34H,1,4-5,11,13,21,23,25-27H2,(H2,37,39). The number of nitrogens with zero attached hydrogens (tertiary/aromatic N) is 1. The van der Waals surface area contributed by atoms with E-state index in [1.54, 1.807) is 5.57 Å². The van der Waals surface area contributed by atoms with Crippen molar-refractivity contribution in [1.82, 2.24) is 0 Å². The Bertz CT molecular complexity index is 1320. The van der Waals surface area contributed by atoms with Crippen LogP contribution < -0.4 is 10.5 Å². The van der Waals surface area contributed by atoms with Crippen LogP contribution in [0.5, 0.6) is 5.75 Å². The molecule has 206 valence electrons. The molecule has 0 aromatic heterocycles. The minimum absolute atomic E-state index is 0.224. The molecule has 4 heteroatoms. The number of carbonyl (C=O) groups excluding carboxylic acids is 1. The number of ether oxygens (including phenoxy) is 1. The van der Waals surface area contributed by atoms with Crippen LogP contribution in [-0.2, 0) is 11.2 Å². The van der Waals surface area contributed by atoms with Gasteiger partial charge in [-0.25, -0.2) is 0 Å². The van der Waals surface area contributed by atoms with Crippen molar-refractivity contribution in [2.24, 2.45) is 10.7 Å². The number of hydrogen-bond donors (Lipinski definition) is 1. The van der Waals surface area contributed by atoms with E-state index in [1.165, 1.54) is 42.4 Å². The van der Waals surface area contributed by atoms with Crippen molar-refractivity contribution >= 4 is 12.1 Å². The van der Waals surface area contributed by atoms with E-state index in [0.29, 0.717) is 6.61 Å². The second-order valence-electron chi connectivity index (χ2n) is 11.1. The van der Waals surface area contributed by atoms with Gasteiger partial charge >= 0.3 is 0 Å². The molecule has 2 N–H and O–H groups in total. The highest BCUT2D eigenvalue weighted by Gasteiger charge is 2.37. The first-order valence-corrected chi connectivity index (χ1v) is 14.6. The van der Waals surface area contributed by atoms with Crippen LogP contribution in [0.3, 0.4) is 0 Å². The van der Waals surface area contributed by atoms with E-state index in [9.17, 15) is 4.79 Å². The maximum atomic E-state index is 11.3. The minimum atomic E-state index is -0.334. The van der Waals surface area contributed by atoms with E-state index in [1.807, 2.05) is 30.5 Å². The van der Waals surface area contributed by atoms with Crippen molar-refractivity contribution in [3.63, 3.8) is 0 Å². The second kappa shape index (κ2) is 13.4. The normalized spacial score (nSPS) is 18.4. The number of allylic oxidation sites excluding steroid dienone is 2. The van der Waals surface area contributed by atoms with Gasteiger partial charge < -0.3 is 10.5 Å². The number of primary amides is 1. The molecule has 1 amide bonds. The number of nitrogens with two attached hydrogens (primary N) is 1. The molecule has 0 bridgehead atoms. The third kappa shape index (κ3) is 7.18. The fourth-order valence-electron chi connectivity index (χ4n) is 6.20. The van der Waals surface area contributed by atoms with E-state index in [4.69, 9.17) is 15.5 Å². The fourth-order valence-corrected chi connectivity index (χ4v) is 6.20. The number of amides is 1. The molecule has 0 saturated carbocycles.